The fraction of sp³-hybridized carbons (Fsp3) is 0.375. The molecule has 0 radical (unpaired) electrons. The van der Waals surface area contributed by atoms with E-state index in [4.69, 9.17) is 0 Å². The average molecular weight is 327 g/mol. The number of rotatable bonds is 5. The first-order valence-corrected chi connectivity index (χ1v) is 8.59. The van der Waals surface area contributed by atoms with E-state index in [0.717, 1.165) is 27.0 Å². The molecule has 1 aliphatic carbocycles. The summed E-state index contributed by atoms with van der Waals surface area (Å²) < 4.78 is 1.84. The number of nitrogens with zero attached hydrogens (tertiary/aromatic N) is 4. The number of carbonyl (C=O) groups excluding carboxylic acids is 1. The molecule has 1 N–H and O–H groups in total. The smallest absolute Gasteiger partial charge is 0.234 e. The predicted octanol–water partition coefficient (Wildman–Crippen LogP) is 2.94. The van der Waals surface area contributed by atoms with Crippen LogP contribution in [-0.2, 0) is 11.2 Å². The van der Waals surface area contributed by atoms with Crippen molar-refractivity contribution in [2.75, 3.05) is 5.32 Å². The number of fused-ring (bicyclic) bond motifs is 1. The van der Waals surface area contributed by atoms with Crippen LogP contribution in [0.15, 0.2) is 24.3 Å². The quantitative estimate of drug-likeness (QED) is 0.782. The number of para-hydroxylation sites is 1. The summed E-state index contributed by atoms with van der Waals surface area (Å²) in [4.78, 5) is 12.9. The first-order chi connectivity index (χ1) is 11.2. The van der Waals surface area contributed by atoms with Gasteiger partial charge in [-0.25, -0.2) is 0 Å². The molecule has 1 saturated carbocycles. The summed E-state index contributed by atoms with van der Waals surface area (Å²) >= 11 is 1.51. The molecule has 0 aliphatic heterocycles. The van der Waals surface area contributed by atoms with Crippen LogP contribution in [0.3, 0.4) is 0 Å². The van der Waals surface area contributed by atoms with Gasteiger partial charge in [-0.15, -0.1) is 10.2 Å². The number of hydrogen-bond donors (Lipinski definition) is 1. The largest absolute Gasteiger partial charge is 0.326 e. The Labute approximate surface area is 137 Å². The maximum atomic E-state index is 12.1. The molecule has 1 fully saturated rings. The van der Waals surface area contributed by atoms with E-state index in [1.54, 1.807) is 0 Å². The van der Waals surface area contributed by atoms with Gasteiger partial charge in [-0.1, -0.05) is 29.5 Å². The van der Waals surface area contributed by atoms with E-state index in [0.29, 0.717) is 18.8 Å². The van der Waals surface area contributed by atoms with Gasteiger partial charge >= 0.3 is 0 Å². The molecule has 118 valence electrons. The Morgan fingerprint density at radius 3 is 2.96 bits per heavy atom. The van der Waals surface area contributed by atoms with Crippen molar-refractivity contribution >= 4 is 27.9 Å². The number of anilines is 1. The number of aryl methyl sites for hydroxylation is 2. The van der Waals surface area contributed by atoms with Crippen LogP contribution in [0.2, 0.25) is 0 Å². The highest BCUT2D eigenvalue weighted by Crippen LogP contribution is 2.39. The number of nitrogens with one attached hydrogen (secondary N) is 1. The van der Waals surface area contributed by atoms with Crippen molar-refractivity contribution in [2.24, 2.45) is 0 Å². The molecule has 1 aromatic carbocycles. The van der Waals surface area contributed by atoms with Crippen LogP contribution in [0.5, 0.6) is 0 Å². The third kappa shape index (κ3) is 2.96. The van der Waals surface area contributed by atoms with Gasteiger partial charge in [-0.05, 0) is 31.4 Å². The molecule has 0 bridgehead atoms. The molecule has 4 rings (SSSR count). The van der Waals surface area contributed by atoms with Crippen molar-refractivity contribution in [1.82, 2.24) is 19.8 Å². The summed E-state index contributed by atoms with van der Waals surface area (Å²) in [6, 6.07) is 7.78. The lowest BCUT2D eigenvalue weighted by Crippen LogP contribution is -2.13. The van der Waals surface area contributed by atoms with Crippen molar-refractivity contribution in [3.05, 3.63) is 40.7 Å². The molecule has 0 spiro atoms. The zero-order valence-electron chi connectivity index (χ0n) is 12.8. The van der Waals surface area contributed by atoms with Gasteiger partial charge in [0.05, 0.1) is 0 Å². The van der Waals surface area contributed by atoms with Gasteiger partial charge in [0.2, 0.25) is 10.9 Å². The van der Waals surface area contributed by atoms with Crippen LogP contribution in [-0.4, -0.2) is 25.7 Å². The summed E-state index contributed by atoms with van der Waals surface area (Å²) in [5.41, 5.74) is 1.93. The number of carbonyl (C=O) groups is 1. The van der Waals surface area contributed by atoms with E-state index in [1.165, 1.54) is 24.2 Å². The van der Waals surface area contributed by atoms with E-state index >= 15 is 0 Å². The van der Waals surface area contributed by atoms with Crippen LogP contribution >= 0.6 is 11.3 Å². The summed E-state index contributed by atoms with van der Waals surface area (Å²) in [5.74, 6) is 1.49. The van der Waals surface area contributed by atoms with Gasteiger partial charge in [0.15, 0.2) is 5.82 Å². The zero-order chi connectivity index (χ0) is 15.8. The number of amides is 1. The van der Waals surface area contributed by atoms with Gasteiger partial charge in [-0.3, -0.25) is 4.79 Å². The predicted molar refractivity (Wildman–Crippen MR) is 88.8 cm³/mol. The molecule has 0 unspecified atom stereocenters. The third-order valence-electron chi connectivity index (χ3n) is 3.98. The lowest BCUT2D eigenvalue weighted by atomic mass is 10.2. The molecule has 6 nitrogen and oxygen atoms in total. The molecule has 0 saturated heterocycles. The van der Waals surface area contributed by atoms with Gasteiger partial charge in [-0.2, -0.15) is 9.61 Å². The minimum absolute atomic E-state index is 0.00711. The van der Waals surface area contributed by atoms with Crippen LogP contribution in [0.1, 0.15) is 41.6 Å². The standard InChI is InChI=1S/C16H17N5OS/c1-10-4-2-3-5-12(10)17-13(22)8-9-14-20-21-15(11-6-7-11)18-19-16(21)23-14/h2-5,11H,6-9H2,1H3,(H,17,22). The Kier molecular flexibility index (Phi) is 3.57. The summed E-state index contributed by atoms with van der Waals surface area (Å²) in [6.45, 7) is 1.98. The molecule has 2 heterocycles. The van der Waals surface area contributed by atoms with E-state index in [9.17, 15) is 4.79 Å². The molecule has 1 aliphatic rings. The normalized spacial score (nSPS) is 14.3. The summed E-state index contributed by atoms with van der Waals surface area (Å²) in [7, 11) is 0. The highest BCUT2D eigenvalue weighted by Gasteiger charge is 2.30. The second kappa shape index (κ2) is 5.73. The van der Waals surface area contributed by atoms with E-state index in [1.807, 2.05) is 35.7 Å². The van der Waals surface area contributed by atoms with Crippen molar-refractivity contribution in [3.8, 4) is 0 Å². The molecule has 0 atom stereocenters. The fourth-order valence-electron chi connectivity index (χ4n) is 2.52. The molecule has 2 aromatic heterocycles. The molecule has 7 heteroatoms. The van der Waals surface area contributed by atoms with Crippen molar-refractivity contribution in [1.29, 1.82) is 0 Å². The Morgan fingerprint density at radius 2 is 2.17 bits per heavy atom. The Bertz CT molecular complexity index is 864. The van der Waals surface area contributed by atoms with Gasteiger partial charge in [0, 0.05) is 24.4 Å². The maximum Gasteiger partial charge on any atom is 0.234 e. The average Bonchev–Trinajstić information content (AvgIpc) is 3.17. The van der Waals surface area contributed by atoms with Crippen molar-refractivity contribution in [2.45, 2.75) is 38.5 Å². The van der Waals surface area contributed by atoms with E-state index in [2.05, 4.69) is 20.6 Å². The number of benzene rings is 1. The highest BCUT2D eigenvalue weighted by molar-refractivity contribution is 7.16. The first kappa shape index (κ1) is 14.3. The van der Waals surface area contributed by atoms with E-state index < -0.39 is 0 Å². The minimum atomic E-state index is 0.00711. The topological polar surface area (TPSA) is 72.2 Å². The lowest BCUT2D eigenvalue weighted by Gasteiger charge is -2.07. The van der Waals surface area contributed by atoms with Gasteiger partial charge < -0.3 is 5.32 Å². The summed E-state index contributed by atoms with van der Waals surface area (Å²) in [6.07, 6.45) is 3.38. The van der Waals surface area contributed by atoms with Crippen LogP contribution < -0.4 is 5.32 Å². The minimum Gasteiger partial charge on any atom is -0.326 e. The van der Waals surface area contributed by atoms with Crippen LogP contribution in [0.25, 0.3) is 4.96 Å². The van der Waals surface area contributed by atoms with Gasteiger partial charge in [0.25, 0.3) is 0 Å². The van der Waals surface area contributed by atoms with Crippen molar-refractivity contribution < 1.29 is 4.79 Å². The second-order valence-corrected chi connectivity index (χ2v) is 6.93. The Hall–Kier alpha value is -2.28. The zero-order valence-corrected chi connectivity index (χ0v) is 13.6. The Morgan fingerprint density at radius 1 is 1.35 bits per heavy atom. The SMILES string of the molecule is Cc1ccccc1NC(=O)CCc1nn2c(C3CC3)nnc2s1. The maximum absolute atomic E-state index is 12.1. The number of hydrogen-bond acceptors (Lipinski definition) is 5. The first-order valence-electron chi connectivity index (χ1n) is 7.77. The second-order valence-electron chi connectivity index (χ2n) is 5.89. The Balaban J connectivity index is 1.40. The van der Waals surface area contributed by atoms with Crippen LogP contribution in [0.4, 0.5) is 5.69 Å². The molecular weight excluding hydrogens is 310 g/mol. The van der Waals surface area contributed by atoms with Gasteiger partial charge in [0.1, 0.15) is 5.01 Å². The van der Waals surface area contributed by atoms with E-state index in [-0.39, 0.29) is 5.91 Å². The third-order valence-corrected chi connectivity index (χ3v) is 4.94. The highest BCUT2D eigenvalue weighted by atomic mass is 32.1. The molecular formula is C16H17N5OS. The molecule has 3 aromatic rings. The monoisotopic (exact) mass is 327 g/mol. The fourth-order valence-corrected chi connectivity index (χ4v) is 3.35. The molecule has 23 heavy (non-hydrogen) atoms. The number of aromatic nitrogens is 4. The molecule has 1 amide bonds. The van der Waals surface area contributed by atoms with Crippen molar-refractivity contribution in [3.63, 3.8) is 0 Å². The van der Waals surface area contributed by atoms with Crippen LogP contribution in [0, 0.1) is 6.92 Å². The lowest BCUT2D eigenvalue weighted by molar-refractivity contribution is -0.116. The summed E-state index contributed by atoms with van der Waals surface area (Å²) in [5, 5.41) is 16.8.